The Labute approximate surface area is 190 Å². The van der Waals surface area contributed by atoms with Gasteiger partial charge in [-0.25, -0.2) is 0 Å². The Morgan fingerprint density at radius 3 is 1.69 bits per heavy atom. The average Bonchev–Trinajstić information content (AvgIpc) is 2.85. The topological polar surface area (TPSA) is 30.5 Å². The van der Waals surface area contributed by atoms with Gasteiger partial charge in [-0.2, -0.15) is 0 Å². The molecule has 0 saturated carbocycles. The van der Waals surface area contributed by atoms with Gasteiger partial charge in [0, 0.05) is 25.1 Å². The zero-order valence-corrected chi connectivity index (χ0v) is 18.2. The molecule has 0 unspecified atom stereocenters. The monoisotopic (exact) mass is 423 g/mol. The van der Waals surface area contributed by atoms with E-state index >= 15 is 0 Å². The lowest BCUT2D eigenvalue weighted by molar-refractivity contribution is 0.321. The van der Waals surface area contributed by atoms with Crippen molar-refractivity contribution in [2.24, 2.45) is 0 Å². The SMILES string of the molecule is c1ccc(CCOc2ccc(NCc3cccc(OCCc4ccccc4)c3)cc2)cc1. The number of ether oxygens (including phenoxy) is 2. The number of anilines is 1. The number of benzene rings is 4. The molecule has 0 aliphatic rings. The van der Waals surface area contributed by atoms with Crippen molar-refractivity contribution in [3.63, 3.8) is 0 Å². The third kappa shape index (κ3) is 6.92. The summed E-state index contributed by atoms with van der Waals surface area (Å²) in [6.45, 7) is 2.09. The molecule has 3 heteroatoms. The quantitative estimate of drug-likeness (QED) is 0.297. The molecular weight excluding hydrogens is 394 g/mol. The molecule has 0 radical (unpaired) electrons. The molecule has 1 N–H and O–H groups in total. The molecule has 3 nitrogen and oxygen atoms in total. The van der Waals surface area contributed by atoms with Crippen LogP contribution in [0.15, 0.2) is 109 Å². The Morgan fingerprint density at radius 2 is 1.06 bits per heavy atom. The van der Waals surface area contributed by atoms with Crippen molar-refractivity contribution in [2.45, 2.75) is 19.4 Å². The molecule has 4 rings (SSSR count). The summed E-state index contributed by atoms with van der Waals surface area (Å²) < 4.78 is 11.8. The molecule has 162 valence electrons. The van der Waals surface area contributed by atoms with Gasteiger partial charge in [0.1, 0.15) is 11.5 Å². The predicted octanol–water partition coefficient (Wildman–Crippen LogP) is 6.54. The maximum Gasteiger partial charge on any atom is 0.119 e. The fourth-order valence-electron chi connectivity index (χ4n) is 3.48. The standard InChI is InChI=1S/C29H29NO2/c1-3-8-24(9-4-1)18-20-31-28-16-14-27(15-17-28)30-23-26-12-7-13-29(22-26)32-21-19-25-10-5-2-6-11-25/h1-17,22,30H,18-21,23H2. The summed E-state index contributed by atoms with van der Waals surface area (Å²) in [5.41, 5.74) is 4.83. The maximum atomic E-state index is 5.94. The van der Waals surface area contributed by atoms with Crippen LogP contribution in [0, 0.1) is 0 Å². The lowest BCUT2D eigenvalue weighted by Crippen LogP contribution is -2.03. The Bertz CT molecular complexity index is 1060. The van der Waals surface area contributed by atoms with Crippen LogP contribution in [0.25, 0.3) is 0 Å². The van der Waals surface area contributed by atoms with Crippen LogP contribution >= 0.6 is 0 Å². The largest absolute Gasteiger partial charge is 0.493 e. The highest BCUT2D eigenvalue weighted by atomic mass is 16.5. The van der Waals surface area contributed by atoms with Gasteiger partial charge in [0.25, 0.3) is 0 Å². The molecule has 0 heterocycles. The smallest absolute Gasteiger partial charge is 0.119 e. The minimum atomic E-state index is 0.673. The first-order valence-corrected chi connectivity index (χ1v) is 11.1. The second-order valence-electron chi connectivity index (χ2n) is 7.69. The highest BCUT2D eigenvalue weighted by Crippen LogP contribution is 2.19. The highest BCUT2D eigenvalue weighted by Gasteiger charge is 2.00. The maximum absolute atomic E-state index is 5.94. The third-order valence-corrected chi connectivity index (χ3v) is 5.25. The van der Waals surface area contributed by atoms with Crippen LogP contribution < -0.4 is 14.8 Å². The zero-order valence-electron chi connectivity index (χ0n) is 18.2. The molecule has 0 spiro atoms. The molecule has 0 aliphatic carbocycles. The van der Waals surface area contributed by atoms with Crippen LogP contribution in [0.3, 0.4) is 0 Å². The lowest BCUT2D eigenvalue weighted by atomic mass is 10.2. The number of nitrogens with one attached hydrogen (secondary N) is 1. The predicted molar refractivity (Wildman–Crippen MR) is 131 cm³/mol. The van der Waals surface area contributed by atoms with Gasteiger partial charge in [0.2, 0.25) is 0 Å². The zero-order chi connectivity index (χ0) is 21.8. The fourth-order valence-corrected chi connectivity index (χ4v) is 3.48. The van der Waals surface area contributed by atoms with E-state index in [1.807, 2.05) is 36.4 Å². The second kappa shape index (κ2) is 11.6. The van der Waals surface area contributed by atoms with Crippen LogP contribution in [0.5, 0.6) is 11.5 Å². The van der Waals surface area contributed by atoms with E-state index in [0.29, 0.717) is 13.2 Å². The Kier molecular flexibility index (Phi) is 7.81. The molecule has 4 aromatic rings. The fraction of sp³-hybridized carbons (Fsp3) is 0.172. The normalized spacial score (nSPS) is 10.5. The highest BCUT2D eigenvalue weighted by molar-refractivity contribution is 5.47. The summed E-state index contributed by atoms with van der Waals surface area (Å²) in [4.78, 5) is 0. The van der Waals surface area contributed by atoms with E-state index in [1.165, 1.54) is 16.7 Å². The van der Waals surface area contributed by atoms with Gasteiger partial charge in [-0.05, 0) is 53.1 Å². The lowest BCUT2D eigenvalue weighted by Gasteiger charge is -2.11. The molecule has 0 bridgehead atoms. The van der Waals surface area contributed by atoms with E-state index in [1.54, 1.807) is 0 Å². The van der Waals surface area contributed by atoms with Gasteiger partial charge in [-0.3, -0.25) is 0 Å². The molecule has 0 fully saturated rings. The summed E-state index contributed by atoms with van der Waals surface area (Å²) in [6, 6.07) is 37.2. The van der Waals surface area contributed by atoms with E-state index in [2.05, 4.69) is 78.1 Å². The first-order chi connectivity index (χ1) is 15.8. The minimum Gasteiger partial charge on any atom is -0.493 e. The van der Waals surface area contributed by atoms with Crippen molar-refractivity contribution < 1.29 is 9.47 Å². The van der Waals surface area contributed by atoms with Gasteiger partial charge in [0.15, 0.2) is 0 Å². The van der Waals surface area contributed by atoms with E-state index in [0.717, 1.165) is 36.6 Å². The number of hydrogen-bond donors (Lipinski definition) is 1. The Morgan fingerprint density at radius 1 is 0.500 bits per heavy atom. The first-order valence-electron chi connectivity index (χ1n) is 11.1. The summed E-state index contributed by atoms with van der Waals surface area (Å²) >= 11 is 0. The Balaban J connectivity index is 1.20. The number of rotatable bonds is 11. The van der Waals surface area contributed by atoms with Gasteiger partial charge in [-0.1, -0.05) is 72.8 Å². The minimum absolute atomic E-state index is 0.673. The van der Waals surface area contributed by atoms with E-state index in [4.69, 9.17) is 9.47 Å². The molecule has 0 aromatic heterocycles. The van der Waals surface area contributed by atoms with Crippen molar-refractivity contribution in [2.75, 3.05) is 18.5 Å². The van der Waals surface area contributed by atoms with Gasteiger partial charge in [-0.15, -0.1) is 0 Å². The summed E-state index contributed by atoms with van der Waals surface area (Å²) in [5.74, 6) is 1.79. The van der Waals surface area contributed by atoms with Crippen LogP contribution in [0.2, 0.25) is 0 Å². The summed E-state index contributed by atoms with van der Waals surface area (Å²) in [5, 5.41) is 3.47. The van der Waals surface area contributed by atoms with Crippen molar-refractivity contribution in [3.05, 3.63) is 126 Å². The van der Waals surface area contributed by atoms with Gasteiger partial charge in [0.05, 0.1) is 13.2 Å². The summed E-state index contributed by atoms with van der Waals surface area (Å²) in [6.07, 6.45) is 1.81. The molecule has 0 saturated heterocycles. The Hall–Kier alpha value is -3.72. The molecule has 32 heavy (non-hydrogen) atoms. The van der Waals surface area contributed by atoms with Crippen LogP contribution in [0.4, 0.5) is 5.69 Å². The third-order valence-electron chi connectivity index (χ3n) is 5.25. The average molecular weight is 424 g/mol. The summed E-state index contributed by atoms with van der Waals surface area (Å²) in [7, 11) is 0. The first kappa shape index (κ1) is 21.5. The van der Waals surface area contributed by atoms with Crippen LogP contribution in [-0.4, -0.2) is 13.2 Å². The van der Waals surface area contributed by atoms with E-state index in [9.17, 15) is 0 Å². The molecule has 4 aromatic carbocycles. The van der Waals surface area contributed by atoms with Crippen molar-refractivity contribution in [1.82, 2.24) is 0 Å². The van der Waals surface area contributed by atoms with Crippen molar-refractivity contribution in [3.8, 4) is 11.5 Å². The van der Waals surface area contributed by atoms with Gasteiger partial charge < -0.3 is 14.8 Å². The van der Waals surface area contributed by atoms with Crippen molar-refractivity contribution >= 4 is 5.69 Å². The molecule has 0 amide bonds. The molecular formula is C29H29NO2. The molecule has 0 atom stereocenters. The van der Waals surface area contributed by atoms with Crippen molar-refractivity contribution in [1.29, 1.82) is 0 Å². The van der Waals surface area contributed by atoms with E-state index in [-0.39, 0.29) is 0 Å². The van der Waals surface area contributed by atoms with Gasteiger partial charge >= 0.3 is 0 Å². The van der Waals surface area contributed by atoms with Crippen LogP contribution in [0.1, 0.15) is 16.7 Å². The second-order valence-corrected chi connectivity index (χ2v) is 7.69. The number of hydrogen-bond acceptors (Lipinski definition) is 3. The van der Waals surface area contributed by atoms with Crippen LogP contribution in [-0.2, 0) is 19.4 Å². The molecule has 0 aliphatic heterocycles. The van der Waals surface area contributed by atoms with E-state index < -0.39 is 0 Å².